The zero-order valence-corrected chi connectivity index (χ0v) is 5.65. The van der Waals surface area contributed by atoms with Gasteiger partial charge in [-0.3, -0.25) is 4.98 Å². The van der Waals surface area contributed by atoms with Crippen molar-refractivity contribution in [2.24, 2.45) is 5.16 Å². The molecule has 0 aliphatic carbocycles. The first kappa shape index (κ1) is 6.74. The quantitative estimate of drug-likeness (QED) is 0.358. The number of oxime groups is 1. The molecule has 0 atom stereocenters. The molecule has 0 amide bonds. The van der Waals surface area contributed by atoms with E-state index in [4.69, 9.17) is 5.21 Å². The third-order valence-corrected chi connectivity index (χ3v) is 1.13. The lowest BCUT2D eigenvalue weighted by Gasteiger charge is -1.91. The Morgan fingerprint density at radius 1 is 1.70 bits per heavy atom. The second kappa shape index (κ2) is 2.96. The monoisotopic (exact) mass is 136 g/mol. The summed E-state index contributed by atoms with van der Waals surface area (Å²) in [7, 11) is 0. The predicted octanol–water partition coefficient (Wildman–Crippen LogP) is 1.20. The van der Waals surface area contributed by atoms with Gasteiger partial charge in [-0.05, 0) is 24.6 Å². The Hall–Kier alpha value is -1.38. The molecule has 1 rings (SSSR count). The van der Waals surface area contributed by atoms with Crippen LogP contribution in [0.1, 0.15) is 11.3 Å². The van der Waals surface area contributed by atoms with Crippen LogP contribution in [0.5, 0.6) is 0 Å². The molecule has 1 aromatic rings. The van der Waals surface area contributed by atoms with Gasteiger partial charge in [0.05, 0.1) is 6.21 Å². The fourth-order valence-corrected chi connectivity index (χ4v) is 0.714. The van der Waals surface area contributed by atoms with Crippen LogP contribution in [-0.4, -0.2) is 16.4 Å². The van der Waals surface area contributed by atoms with Crippen LogP contribution in [0.3, 0.4) is 0 Å². The smallest absolute Gasteiger partial charge is 0.0735 e. The van der Waals surface area contributed by atoms with Gasteiger partial charge >= 0.3 is 0 Å². The van der Waals surface area contributed by atoms with Crippen LogP contribution < -0.4 is 0 Å². The molecule has 0 bridgehead atoms. The van der Waals surface area contributed by atoms with Gasteiger partial charge in [0.1, 0.15) is 0 Å². The number of aromatic nitrogens is 1. The van der Waals surface area contributed by atoms with E-state index in [0.29, 0.717) is 0 Å². The SMILES string of the molecule is Cc1cc(/C=N/O)ccn1. The van der Waals surface area contributed by atoms with Crippen molar-refractivity contribution >= 4 is 6.21 Å². The summed E-state index contributed by atoms with van der Waals surface area (Å²) in [6.07, 6.45) is 3.04. The van der Waals surface area contributed by atoms with E-state index in [-0.39, 0.29) is 0 Å². The zero-order chi connectivity index (χ0) is 7.40. The highest BCUT2D eigenvalue weighted by Crippen LogP contribution is 1.96. The number of hydrogen-bond acceptors (Lipinski definition) is 3. The van der Waals surface area contributed by atoms with Gasteiger partial charge in [0, 0.05) is 11.9 Å². The highest BCUT2D eigenvalue weighted by Gasteiger charge is 1.87. The molecule has 1 aromatic heterocycles. The normalized spacial score (nSPS) is 10.5. The maximum Gasteiger partial charge on any atom is 0.0735 e. The molecule has 0 unspecified atom stereocenters. The summed E-state index contributed by atoms with van der Waals surface area (Å²) in [6.45, 7) is 1.88. The van der Waals surface area contributed by atoms with Crippen LogP contribution in [0.15, 0.2) is 23.5 Å². The summed E-state index contributed by atoms with van der Waals surface area (Å²) in [6, 6.07) is 3.60. The van der Waals surface area contributed by atoms with Gasteiger partial charge in [0.2, 0.25) is 0 Å². The topological polar surface area (TPSA) is 45.5 Å². The van der Waals surface area contributed by atoms with Crippen molar-refractivity contribution in [3.63, 3.8) is 0 Å². The molecule has 1 heterocycles. The third-order valence-electron chi connectivity index (χ3n) is 1.13. The first-order valence-electron chi connectivity index (χ1n) is 2.93. The second-order valence-electron chi connectivity index (χ2n) is 1.98. The lowest BCUT2D eigenvalue weighted by atomic mass is 10.2. The molecule has 3 heteroatoms. The summed E-state index contributed by atoms with van der Waals surface area (Å²) in [5, 5.41) is 11.1. The molecule has 3 nitrogen and oxygen atoms in total. The average Bonchev–Trinajstić information content (AvgIpc) is 1.88. The molecule has 1 N–H and O–H groups in total. The molecule has 0 aliphatic rings. The molecule has 52 valence electrons. The van der Waals surface area contributed by atoms with E-state index in [2.05, 4.69) is 10.1 Å². The number of aryl methyl sites for hydroxylation is 1. The molecule has 0 aliphatic heterocycles. The molecule has 0 saturated carbocycles. The minimum atomic E-state index is 0.856. The zero-order valence-electron chi connectivity index (χ0n) is 5.65. The van der Waals surface area contributed by atoms with Crippen molar-refractivity contribution in [1.82, 2.24) is 4.98 Å². The van der Waals surface area contributed by atoms with Crippen LogP contribution in [0, 0.1) is 6.92 Å². The summed E-state index contributed by atoms with van der Waals surface area (Å²) in [5.74, 6) is 0. The van der Waals surface area contributed by atoms with Crippen molar-refractivity contribution in [3.05, 3.63) is 29.6 Å². The Morgan fingerprint density at radius 3 is 3.10 bits per heavy atom. The number of hydrogen-bond donors (Lipinski definition) is 1. The molecular formula is C7H8N2O. The fourth-order valence-electron chi connectivity index (χ4n) is 0.714. The largest absolute Gasteiger partial charge is 0.411 e. The standard InChI is InChI=1S/C7H8N2O/c1-6-4-7(5-9-10)2-3-8-6/h2-5,10H,1H3/b9-5+. The lowest BCUT2D eigenvalue weighted by Crippen LogP contribution is -1.84. The van der Waals surface area contributed by atoms with E-state index in [1.165, 1.54) is 6.21 Å². The molecular weight excluding hydrogens is 128 g/mol. The predicted molar refractivity (Wildman–Crippen MR) is 38.4 cm³/mol. The summed E-state index contributed by atoms with van der Waals surface area (Å²) in [4.78, 5) is 3.98. The molecule has 0 aromatic carbocycles. The number of rotatable bonds is 1. The van der Waals surface area contributed by atoms with Crippen LogP contribution >= 0.6 is 0 Å². The van der Waals surface area contributed by atoms with Gasteiger partial charge in [-0.1, -0.05) is 5.16 Å². The minimum absolute atomic E-state index is 0.856. The van der Waals surface area contributed by atoms with Crippen molar-refractivity contribution in [2.75, 3.05) is 0 Å². The average molecular weight is 136 g/mol. The van der Waals surface area contributed by atoms with Crippen molar-refractivity contribution in [3.8, 4) is 0 Å². The van der Waals surface area contributed by atoms with E-state index in [9.17, 15) is 0 Å². The van der Waals surface area contributed by atoms with Gasteiger partial charge < -0.3 is 5.21 Å². The molecule has 0 spiro atoms. The molecule has 0 fully saturated rings. The van der Waals surface area contributed by atoms with Crippen molar-refractivity contribution in [1.29, 1.82) is 0 Å². The van der Waals surface area contributed by atoms with E-state index >= 15 is 0 Å². The van der Waals surface area contributed by atoms with Gasteiger partial charge in [-0.15, -0.1) is 0 Å². The van der Waals surface area contributed by atoms with Gasteiger partial charge in [-0.2, -0.15) is 0 Å². The Morgan fingerprint density at radius 2 is 2.50 bits per heavy atom. The van der Waals surface area contributed by atoms with Crippen LogP contribution in [0.25, 0.3) is 0 Å². The third kappa shape index (κ3) is 1.55. The van der Waals surface area contributed by atoms with Crippen LogP contribution in [-0.2, 0) is 0 Å². The van der Waals surface area contributed by atoms with Crippen LogP contribution in [0.4, 0.5) is 0 Å². The summed E-state index contributed by atoms with van der Waals surface area (Å²) in [5.41, 5.74) is 1.77. The molecule has 0 saturated heterocycles. The Kier molecular flexibility index (Phi) is 1.99. The van der Waals surface area contributed by atoms with E-state index < -0.39 is 0 Å². The minimum Gasteiger partial charge on any atom is -0.411 e. The van der Waals surface area contributed by atoms with Gasteiger partial charge in [0.25, 0.3) is 0 Å². The maximum atomic E-state index is 8.16. The van der Waals surface area contributed by atoms with E-state index in [1.807, 2.05) is 13.0 Å². The van der Waals surface area contributed by atoms with Crippen molar-refractivity contribution < 1.29 is 5.21 Å². The second-order valence-corrected chi connectivity index (χ2v) is 1.98. The Balaban J connectivity index is 2.95. The highest BCUT2D eigenvalue weighted by molar-refractivity contribution is 5.78. The highest BCUT2D eigenvalue weighted by atomic mass is 16.4. The Labute approximate surface area is 59.0 Å². The first-order chi connectivity index (χ1) is 4.83. The lowest BCUT2D eigenvalue weighted by molar-refractivity contribution is 0.322. The summed E-state index contributed by atoms with van der Waals surface area (Å²) >= 11 is 0. The fraction of sp³-hybridized carbons (Fsp3) is 0.143. The van der Waals surface area contributed by atoms with E-state index in [1.54, 1.807) is 12.3 Å². The van der Waals surface area contributed by atoms with Gasteiger partial charge in [0.15, 0.2) is 0 Å². The number of nitrogens with zero attached hydrogens (tertiary/aromatic N) is 2. The molecule has 0 radical (unpaired) electrons. The van der Waals surface area contributed by atoms with Gasteiger partial charge in [-0.25, -0.2) is 0 Å². The number of pyridine rings is 1. The van der Waals surface area contributed by atoms with Crippen molar-refractivity contribution in [2.45, 2.75) is 6.92 Å². The summed E-state index contributed by atoms with van der Waals surface area (Å²) < 4.78 is 0. The molecule has 10 heavy (non-hydrogen) atoms. The maximum absolute atomic E-state index is 8.16. The van der Waals surface area contributed by atoms with Crippen LogP contribution in [0.2, 0.25) is 0 Å². The Bertz CT molecular complexity index is 245. The first-order valence-corrected chi connectivity index (χ1v) is 2.93. The van der Waals surface area contributed by atoms with E-state index in [0.717, 1.165) is 11.3 Å².